The van der Waals surface area contributed by atoms with Crippen LogP contribution in [0.3, 0.4) is 0 Å². The molecule has 1 heterocycles. The Morgan fingerprint density at radius 2 is 1.14 bits per heavy atom. The van der Waals surface area contributed by atoms with Crippen LogP contribution in [-0.2, 0) is 9.31 Å². The molecule has 0 spiro atoms. The fourth-order valence-corrected chi connectivity index (χ4v) is 1.88. The van der Waals surface area contributed by atoms with Gasteiger partial charge >= 0.3 is 7.12 Å². The predicted molar refractivity (Wildman–Crippen MR) is 60.3 cm³/mol. The fourth-order valence-electron chi connectivity index (χ4n) is 1.88. The molecule has 0 bridgehead atoms. The fraction of sp³-hybridized carbons (Fsp3) is 1.00. The molecule has 0 unspecified atom stereocenters. The predicted octanol–water partition coefficient (Wildman–Crippen LogP) is 2.98. The molecule has 0 amide bonds. The highest BCUT2D eigenvalue weighted by Crippen LogP contribution is 2.31. The van der Waals surface area contributed by atoms with Crippen LogP contribution in [0.25, 0.3) is 0 Å². The first-order valence-electron chi connectivity index (χ1n) is 5.74. The molecule has 0 saturated carbocycles. The summed E-state index contributed by atoms with van der Waals surface area (Å²) in [6, 6.07) is 0. The van der Waals surface area contributed by atoms with E-state index in [2.05, 4.69) is 41.5 Å². The minimum atomic E-state index is -0.00481. The van der Waals surface area contributed by atoms with Gasteiger partial charge in [-0.25, -0.2) is 0 Å². The van der Waals surface area contributed by atoms with Crippen LogP contribution in [0.5, 0.6) is 0 Å². The molecule has 82 valence electrons. The Morgan fingerprint density at radius 1 is 0.786 bits per heavy atom. The van der Waals surface area contributed by atoms with E-state index in [0.29, 0.717) is 17.7 Å². The molecule has 14 heavy (non-hydrogen) atoms. The van der Waals surface area contributed by atoms with Crippen LogP contribution in [0.1, 0.15) is 41.5 Å². The van der Waals surface area contributed by atoms with Crippen molar-refractivity contribution in [3.05, 3.63) is 0 Å². The molecule has 1 aliphatic rings. The van der Waals surface area contributed by atoms with Crippen molar-refractivity contribution in [2.45, 2.75) is 59.6 Å². The quantitative estimate of drug-likeness (QED) is 0.649. The Kier molecular flexibility index (Phi) is 4.02. The van der Waals surface area contributed by atoms with Gasteiger partial charge in [-0.3, -0.25) is 0 Å². The third-order valence-corrected chi connectivity index (χ3v) is 2.76. The van der Waals surface area contributed by atoms with Crippen molar-refractivity contribution in [1.82, 2.24) is 0 Å². The van der Waals surface area contributed by atoms with Gasteiger partial charge < -0.3 is 9.31 Å². The molecule has 2 atom stereocenters. The van der Waals surface area contributed by atoms with E-state index >= 15 is 0 Å². The minimum Gasteiger partial charge on any atom is -0.405 e. The van der Waals surface area contributed by atoms with Gasteiger partial charge in [-0.1, -0.05) is 41.5 Å². The molecule has 1 saturated heterocycles. The SMILES string of the molecule is CC(C)B1O[C@@H](C(C)C)[C@H](C(C)C)O1. The number of hydrogen-bond acceptors (Lipinski definition) is 2. The molecule has 1 fully saturated rings. The lowest BCUT2D eigenvalue weighted by Crippen LogP contribution is -2.31. The molecule has 0 aliphatic carbocycles. The summed E-state index contributed by atoms with van der Waals surface area (Å²) in [6.07, 6.45) is 0.532. The second kappa shape index (κ2) is 4.67. The van der Waals surface area contributed by atoms with Crippen LogP contribution in [-0.4, -0.2) is 19.3 Å². The largest absolute Gasteiger partial charge is 0.460 e. The van der Waals surface area contributed by atoms with Crippen LogP contribution in [0, 0.1) is 11.8 Å². The monoisotopic (exact) mass is 198 g/mol. The summed E-state index contributed by atoms with van der Waals surface area (Å²) >= 11 is 0. The van der Waals surface area contributed by atoms with Crippen LogP contribution in [0.4, 0.5) is 0 Å². The lowest BCUT2D eigenvalue weighted by atomic mass is 9.75. The van der Waals surface area contributed by atoms with Gasteiger partial charge in [0.15, 0.2) is 0 Å². The van der Waals surface area contributed by atoms with Crippen molar-refractivity contribution >= 4 is 7.12 Å². The zero-order valence-corrected chi connectivity index (χ0v) is 10.3. The molecule has 1 rings (SSSR count). The lowest BCUT2D eigenvalue weighted by molar-refractivity contribution is 0.0815. The molecular weight excluding hydrogens is 175 g/mol. The number of rotatable bonds is 3. The number of hydrogen-bond donors (Lipinski definition) is 0. The summed E-state index contributed by atoms with van der Waals surface area (Å²) in [7, 11) is -0.00481. The first-order chi connectivity index (χ1) is 6.43. The Labute approximate surface area is 88.5 Å². The van der Waals surface area contributed by atoms with E-state index in [1.807, 2.05) is 0 Å². The minimum absolute atomic E-state index is 0.00481. The van der Waals surface area contributed by atoms with Gasteiger partial charge in [0.05, 0.1) is 12.2 Å². The van der Waals surface area contributed by atoms with Gasteiger partial charge in [-0.2, -0.15) is 0 Å². The zero-order valence-electron chi connectivity index (χ0n) is 10.3. The Hall–Kier alpha value is -0.0151. The van der Waals surface area contributed by atoms with E-state index in [9.17, 15) is 0 Å². The van der Waals surface area contributed by atoms with Crippen molar-refractivity contribution in [3.8, 4) is 0 Å². The van der Waals surface area contributed by atoms with Crippen molar-refractivity contribution in [2.24, 2.45) is 11.8 Å². The highest BCUT2D eigenvalue weighted by atomic mass is 16.7. The molecule has 1 aliphatic heterocycles. The molecule has 0 aromatic heterocycles. The van der Waals surface area contributed by atoms with Gasteiger partial charge in [0.2, 0.25) is 0 Å². The molecule has 0 radical (unpaired) electrons. The Bertz CT molecular complexity index is 164. The Morgan fingerprint density at radius 3 is 1.36 bits per heavy atom. The summed E-state index contributed by atoms with van der Waals surface area (Å²) in [6.45, 7) is 13.1. The maximum atomic E-state index is 5.94. The highest BCUT2D eigenvalue weighted by molar-refractivity contribution is 6.46. The first kappa shape index (κ1) is 12.1. The molecule has 0 N–H and O–H groups in total. The first-order valence-corrected chi connectivity index (χ1v) is 5.74. The van der Waals surface area contributed by atoms with Gasteiger partial charge in [-0.05, 0) is 17.7 Å². The van der Waals surface area contributed by atoms with Crippen molar-refractivity contribution in [1.29, 1.82) is 0 Å². The average Bonchev–Trinajstić information content (AvgIpc) is 2.47. The maximum Gasteiger partial charge on any atom is 0.460 e. The van der Waals surface area contributed by atoms with Gasteiger partial charge in [0, 0.05) is 0 Å². The summed E-state index contributed by atoms with van der Waals surface area (Å²) in [4.78, 5) is 0. The van der Waals surface area contributed by atoms with E-state index in [-0.39, 0.29) is 19.3 Å². The molecule has 3 heteroatoms. The van der Waals surface area contributed by atoms with E-state index in [0.717, 1.165) is 0 Å². The van der Waals surface area contributed by atoms with E-state index in [4.69, 9.17) is 9.31 Å². The Balaban J connectivity index is 2.65. The highest BCUT2D eigenvalue weighted by Gasteiger charge is 2.43. The third-order valence-electron chi connectivity index (χ3n) is 2.76. The average molecular weight is 198 g/mol. The third kappa shape index (κ3) is 2.51. The summed E-state index contributed by atoms with van der Waals surface area (Å²) in [5.74, 6) is 1.51. The topological polar surface area (TPSA) is 18.5 Å². The molecule has 0 aromatic rings. The van der Waals surface area contributed by atoms with Crippen LogP contribution < -0.4 is 0 Å². The van der Waals surface area contributed by atoms with Crippen LogP contribution >= 0.6 is 0 Å². The normalized spacial score (nSPS) is 28.5. The van der Waals surface area contributed by atoms with Crippen molar-refractivity contribution < 1.29 is 9.31 Å². The van der Waals surface area contributed by atoms with Gasteiger partial charge in [-0.15, -0.1) is 0 Å². The summed E-state index contributed by atoms with van der Waals surface area (Å²) in [5.41, 5.74) is 0. The van der Waals surface area contributed by atoms with Crippen molar-refractivity contribution in [2.75, 3.05) is 0 Å². The smallest absolute Gasteiger partial charge is 0.405 e. The lowest BCUT2D eigenvalue weighted by Gasteiger charge is -2.24. The van der Waals surface area contributed by atoms with Crippen LogP contribution in [0.2, 0.25) is 5.82 Å². The zero-order chi connectivity index (χ0) is 10.9. The molecule has 2 nitrogen and oxygen atoms in total. The van der Waals surface area contributed by atoms with E-state index in [1.54, 1.807) is 0 Å². The van der Waals surface area contributed by atoms with E-state index in [1.165, 1.54) is 0 Å². The van der Waals surface area contributed by atoms with Crippen LogP contribution in [0.15, 0.2) is 0 Å². The molecule has 0 aromatic carbocycles. The van der Waals surface area contributed by atoms with Crippen molar-refractivity contribution in [3.63, 3.8) is 0 Å². The second-order valence-electron chi connectivity index (χ2n) is 5.30. The van der Waals surface area contributed by atoms with Gasteiger partial charge in [0.25, 0.3) is 0 Å². The molecular formula is C11H23BO2. The van der Waals surface area contributed by atoms with Gasteiger partial charge in [0.1, 0.15) is 0 Å². The maximum absolute atomic E-state index is 5.94. The summed E-state index contributed by atoms with van der Waals surface area (Å²) in [5, 5.41) is 0. The summed E-state index contributed by atoms with van der Waals surface area (Å²) < 4.78 is 11.9. The second-order valence-corrected chi connectivity index (χ2v) is 5.30. The van der Waals surface area contributed by atoms with E-state index < -0.39 is 0 Å². The standard InChI is InChI=1S/C11H23BO2/c1-7(2)10-11(8(3)4)14-12(13-10)9(5)6/h7-11H,1-6H3/t10-,11-/m0/s1.